The molecule has 0 aliphatic rings. The zero-order valence-corrected chi connectivity index (χ0v) is 14.0. The van der Waals surface area contributed by atoms with Crippen LogP contribution in [0.3, 0.4) is 0 Å². The number of unbranched alkanes of at least 4 members (excludes halogenated alkanes) is 7. The van der Waals surface area contributed by atoms with Gasteiger partial charge in [0.25, 0.3) is 0 Å². The van der Waals surface area contributed by atoms with Crippen molar-refractivity contribution >= 4 is 0 Å². The minimum Gasteiger partial charge on any atom is -0.481 e. The lowest BCUT2D eigenvalue weighted by atomic mass is 10.0. The molecule has 0 aliphatic carbocycles. The summed E-state index contributed by atoms with van der Waals surface area (Å²) in [5.41, 5.74) is 1.17. The predicted molar refractivity (Wildman–Crippen MR) is 89.8 cm³/mol. The lowest BCUT2D eigenvalue weighted by Gasteiger charge is -2.18. The molecule has 0 aliphatic heterocycles. The number of methoxy groups -OCH3 is 1. The van der Waals surface area contributed by atoms with Crippen LogP contribution in [-0.2, 0) is 0 Å². The largest absolute Gasteiger partial charge is 0.481 e. The fraction of sp³-hybridized carbons (Fsp3) is 0.722. The van der Waals surface area contributed by atoms with Crippen LogP contribution in [0.4, 0.5) is 0 Å². The van der Waals surface area contributed by atoms with Crippen LogP contribution < -0.4 is 10.1 Å². The quantitative estimate of drug-likeness (QED) is 0.557. The molecule has 1 rings (SSSR count). The van der Waals surface area contributed by atoms with E-state index >= 15 is 0 Å². The molecule has 0 spiro atoms. The van der Waals surface area contributed by atoms with E-state index in [1.807, 2.05) is 13.1 Å². The molecule has 0 radical (unpaired) electrons. The summed E-state index contributed by atoms with van der Waals surface area (Å²) in [6.07, 6.45) is 13.8. The van der Waals surface area contributed by atoms with Gasteiger partial charge in [0.05, 0.1) is 7.11 Å². The summed E-state index contributed by atoms with van der Waals surface area (Å²) >= 11 is 0. The van der Waals surface area contributed by atoms with Gasteiger partial charge in [0.15, 0.2) is 0 Å². The number of aromatic nitrogens is 1. The maximum Gasteiger partial charge on any atom is 0.217 e. The summed E-state index contributed by atoms with van der Waals surface area (Å²) in [5.74, 6) is 0.747. The molecule has 0 amide bonds. The number of rotatable bonds is 12. The molecule has 3 nitrogen and oxygen atoms in total. The molecule has 1 heterocycles. The SMILES string of the molecule is CCCCCCCCCCC(NC)c1cccnc1OC. The Bertz CT molecular complexity index is 368. The molecule has 0 bridgehead atoms. The molecule has 1 aromatic heterocycles. The first-order valence-electron chi connectivity index (χ1n) is 8.49. The van der Waals surface area contributed by atoms with Gasteiger partial charge in [-0.25, -0.2) is 4.98 Å². The molecule has 120 valence electrons. The topological polar surface area (TPSA) is 34.2 Å². The summed E-state index contributed by atoms with van der Waals surface area (Å²) in [6, 6.07) is 4.43. The number of hydrogen-bond acceptors (Lipinski definition) is 3. The van der Waals surface area contributed by atoms with Crippen LogP contribution in [0.1, 0.15) is 76.3 Å². The molecule has 1 aromatic rings. The van der Waals surface area contributed by atoms with Gasteiger partial charge in [-0.1, -0.05) is 64.4 Å². The maximum atomic E-state index is 5.36. The fourth-order valence-electron chi connectivity index (χ4n) is 2.78. The normalized spacial score (nSPS) is 12.3. The highest BCUT2D eigenvalue weighted by Gasteiger charge is 2.14. The van der Waals surface area contributed by atoms with E-state index in [0.717, 1.165) is 12.3 Å². The van der Waals surface area contributed by atoms with Crippen LogP contribution in [0.2, 0.25) is 0 Å². The highest BCUT2D eigenvalue weighted by atomic mass is 16.5. The molecule has 0 saturated carbocycles. The zero-order chi connectivity index (χ0) is 15.3. The van der Waals surface area contributed by atoms with E-state index < -0.39 is 0 Å². The summed E-state index contributed by atoms with van der Waals surface area (Å²) < 4.78 is 5.36. The van der Waals surface area contributed by atoms with E-state index in [4.69, 9.17) is 4.74 Å². The van der Waals surface area contributed by atoms with E-state index in [1.54, 1.807) is 13.3 Å². The molecule has 3 heteroatoms. The zero-order valence-electron chi connectivity index (χ0n) is 14.0. The second kappa shape index (κ2) is 11.6. The van der Waals surface area contributed by atoms with Gasteiger partial charge in [-0.05, 0) is 19.5 Å². The Balaban J connectivity index is 2.25. The first-order valence-corrected chi connectivity index (χ1v) is 8.49. The lowest BCUT2D eigenvalue weighted by Crippen LogP contribution is -2.17. The Morgan fingerprint density at radius 2 is 1.76 bits per heavy atom. The Labute approximate surface area is 130 Å². The van der Waals surface area contributed by atoms with E-state index in [1.165, 1.54) is 56.9 Å². The summed E-state index contributed by atoms with van der Waals surface area (Å²) in [5, 5.41) is 3.39. The van der Waals surface area contributed by atoms with Gasteiger partial charge in [-0.15, -0.1) is 0 Å². The number of ether oxygens (including phenoxy) is 1. The molecular weight excluding hydrogens is 260 g/mol. The van der Waals surface area contributed by atoms with Crippen LogP contribution >= 0.6 is 0 Å². The van der Waals surface area contributed by atoms with E-state index in [2.05, 4.69) is 23.3 Å². The van der Waals surface area contributed by atoms with Crippen molar-refractivity contribution in [3.8, 4) is 5.88 Å². The number of nitrogens with one attached hydrogen (secondary N) is 1. The Morgan fingerprint density at radius 3 is 2.38 bits per heavy atom. The molecule has 0 aromatic carbocycles. The van der Waals surface area contributed by atoms with Crippen molar-refractivity contribution in [2.45, 2.75) is 70.8 Å². The van der Waals surface area contributed by atoms with Crippen molar-refractivity contribution in [2.75, 3.05) is 14.2 Å². The molecular formula is C18H32N2O. The third-order valence-corrected chi connectivity index (χ3v) is 4.06. The van der Waals surface area contributed by atoms with Crippen LogP contribution in [0.5, 0.6) is 5.88 Å². The van der Waals surface area contributed by atoms with Crippen molar-refractivity contribution in [3.63, 3.8) is 0 Å². The Hall–Kier alpha value is -1.09. The van der Waals surface area contributed by atoms with Crippen molar-refractivity contribution in [3.05, 3.63) is 23.9 Å². The number of nitrogens with zero attached hydrogens (tertiary/aromatic N) is 1. The number of hydrogen-bond donors (Lipinski definition) is 1. The minimum atomic E-state index is 0.341. The summed E-state index contributed by atoms with van der Waals surface area (Å²) in [6.45, 7) is 2.27. The van der Waals surface area contributed by atoms with Gasteiger partial charge in [-0.3, -0.25) is 0 Å². The smallest absolute Gasteiger partial charge is 0.217 e. The van der Waals surface area contributed by atoms with Crippen molar-refractivity contribution in [1.82, 2.24) is 10.3 Å². The second-order valence-electron chi connectivity index (χ2n) is 5.71. The molecule has 1 atom stereocenters. The van der Waals surface area contributed by atoms with Gasteiger partial charge in [0, 0.05) is 17.8 Å². The fourth-order valence-corrected chi connectivity index (χ4v) is 2.78. The molecule has 21 heavy (non-hydrogen) atoms. The maximum absolute atomic E-state index is 5.36. The van der Waals surface area contributed by atoms with Crippen molar-refractivity contribution in [2.24, 2.45) is 0 Å². The van der Waals surface area contributed by atoms with Crippen molar-refractivity contribution in [1.29, 1.82) is 0 Å². The van der Waals surface area contributed by atoms with Gasteiger partial charge in [0.2, 0.25) is 5.88 Å². The van der Waals surface area contributed by atoms with E-state index in [0.29, 0.717) is 6.04 Å². The number of pyridine rings is 1. The average Bonchev–Trinajstić information content (AvgIpc) is 2.53. The minimum absolute atomic E-state index is 0.341. The highest BCUT2D eigenvalue weighted by molar-refractivity contribution is 5.28. The van der Waals surface area contributed by atoms with Gasteiger partial charge < -0.3 is 10.1 Å². The van der Waals surface area contributed by atoms with Crippen LogP contribution in [-0.4, -0.2) is 19.1 Å². The third-order valence-electron chi connectivity index (χ3n) is 4.06. The van der Waals surface area contributed by atoms with E-state index in [-0.39, 0.29) is 0 Å². The first kappa shape index (κ1) is 18.0. The van der Waals surface area contributed by atoms with Crippen LogP contribution in [0.15, 0.2) is 18.3 Å². The second-order valence-corrected chi connectivity index (χ2v) is 5.71. The molecule has 0 fully saturated rings. The Morgan fingerprint density at radius 1 is 1.10 bits per heavy atom. The average molecular weight is 292 g/mol. The first-order chi connectivity index (χ1) is 10.3. The van der Waals surface area contributed by atoms with Crippen LogP contribution in [0.25, 0.3) is 0 Å². The predicted octanol–water partition coefficient (Wildman–Crippen LogP) is 4.88. The third kappa shape index (κ3) is 6.94. The molecule has 0 saturated heterocycles. The monoisotopic (exact) mass is 292 g/mol. The Kier molecular flexibility index (Phi) is 9.88. The lowest BCUT2D eigenvalue weighted by molar-refractivity contribution is 0.380. The van der Waals surface area contributed by atoms with Gasteiger partial charge >= 0.3 is 0 Å². The van der Waals surface area contributed by atoms with Gasteiger partial charge in [0.1, 0.15) is 0 Å². The molecule has 1 N–H and O–H groups in total. The standard InChI is InChI=1S/C18H32N2O/c1-4-5-6-7-8-9-10-11-14-17(19-2)16-13-12-15-20-18(16)21-3/h12-13,15,17,19H,4-11,14H2,1-3H3. The van der Waals surface area contributed by atoms with E-state index in [9.17, 15) is 0 Å². The van der Waals surface area contributed by atoms with Gasteiger partial charge in [-0.2, -0.15) is 0 Å². The highest BCUT2D eigenvalue weighted by Crippen LogP contribution is 2.26. The summed E-state index contributed by atoms with van der Waals surface area (Å²) in [4.78, 5) is 4.29. The van der Waals surface area contributed by atoms with Crippen molar-refractivity contribution < 1.29 is 4.74 Å². The molecule has 1 unspecified atom stereocenters. The summed E-state index contributed by atoms with van der Waals surface area (Å²) in [7, 11) is 3.71. The van der Waals surface area contributed by atoms with Crippen LogP contribution in [0, 0.1) is 0 Å².